The highest BCUT2D eigenvalue weighted by atomic mass is 16.5. The van der Waals surface area contributed by atoms with Crippen molar-refractivity contribution in [1.82, 2.24) is 10.4 Å². The zero-order valence-electron chi connectivity index (χ0n) is 8.66. The molecule has 0 aliphatic heterocycles. The van der Waals surface area contributed by atoms with Crippen LogP contribution in [0.1, 0.15) is 24.1 Å². The van der Waals surface area contributed by atoms with Crippen LogP contribution in [0, 0.1) is 6.92 Å². The number of ether oxygens (including phenoxy) is 1. The summed E-state index contributed by atoms with van der Waals surface area (Å²) in [5, 5.41) is 0. The summed E-state index contributed by atoms with van der Waals surface area (Å²) in [5.41, 5.74) is 4.90. The Morgan fingerprint density at radius 1 is 1.57 bits per heavy atom. The fourth-order valence-corrected chi connectivity index (χ4v) is 1.25. The first kappa shape index (κ1) is 11.1. The van der Waals surface area contributed by atoms with Crippen molar-refractivity contribution in [3.05, 3.63) is 29.6 Å². The highest BCUT2D eigenvalue weighted by molar-refractivity contribution is 5.20. The molecule has 3 N–H and O–H groups in total. The Balaban J connectivity index is 2.68. The van der Waals surface area contributed by atoms with Crippen molar-refractivity contribution in [1.29, 1.82) is 0 Å². The van der Waals surface area contributed by atoms with Crippen LogP contribution >= 0.6 is 0 Å². The van der Waals surface area contributed by atoms with Crippen LogP contribution in [-0.2, 0) is 4.74 Å². The molecule has 4 nitrogen and oxygen atoms in total. The molecule has 1 heterocycles. The largest absolute Gasteiger partial charge is 0.380 e. The van der Waals surface area contributed by atoms with E-state index in [9.17, 15) is 0 Å². The van der Waals surface area contributed by atoms with Gasteiger partial charge in [0.2, 0.25) is 0 Å². The van der Waals surface area contributed by atoms with Crippen LogP contribution in [0.2, 0.25) is 0 Å². The van der Waals surface area contributed by atoms with Crippen LogP contribution in [0.15, 0.2) is 18.5 Å². The summed E-state index contributed by atoms with van der Waals surface area (Å²) in [6.45, 7) is 5.22. The number of rotatable bonds is 5. The van der Waals surface area contributed by atoms with Gasteiger partial charge in [0.05, 0.1) is 12.6 Å². The Morgan fingerprint density at radius 2 is 2.36 bits per heavy atom. The van der Waals surface area contributed by atoms with Gasteiger partial charge in [-0.3, -0.25) is 16.3 Å². The summed E-state index contributed by atoms with van der Waals surface area (Å²) in [4.78, 5) is 4.11. The second-order valence-corrected chi connectivity index (χ2v) is 3.17. The van der Waals surface area contributed by atoms with Crippen molar-refractivity contribution < 1.29 is 4.74 Å². The molecular weight excluding hydrogens is 178 g/mol. The first-order chi connectivity index (χ1) is 6.77. The van der Waals surface area contributed by atoms with Gasteiger partial charge < -0.3 is 4.74 Å². The molecule has 0 bridgehead atoms. The van der Waals surface area contributed by atoms with Crippen LogP contribution < -0.4 is 11.3 Å². The van der Waals surface area contributed by atoms with Crippen LogP contribution in [0.4, 0.5) is 0 Å². The zero-order chi connectivity index (χ0) is 10.4. The Bertz CT molecular complexity index is 278. The first-order valence-electron chi connectivity index (χ1n) is 4.73. The minimum absolute atomic E-state index is 0.0161. The van der Waals surface area contributed by atoms with E-state index in [0.29, 0.717) is 13.2 Å². The Kier molecular flexibility index (Phi) is 4.52. The van der Waals surface area contributed by atoms with Crippen LogP contribution in [0.3, 0.4) is 0 Å². The number of nitrogens with one attached hydrogen (secondary N) is 1. The smallest absolute Gasteiger partial charge is 0.0708 e. The van der Waals surface area contributed by atoms with E-state index in [-0.39, 0.29) is 6.04 Å². The van der Waals surface area contributed by atoms with Gasteiger partial charge in [-0.15, -0.1) is 0 Å². The molecule has 0 saturated heterocycles. The van der Waals surface area contributed by atoms with Gasteiger partial charge in [-0.05, 0) is 25.0 Å². The van der Waals surface area contributed by atoms with Crippen molar-refractivity contribution in [2.45, 2.75) is 19.9 Å². The molecule has 78 valence electrons. The lowest BCUT2D eigenvalue weighted by atomic mass is 10.1. The van der Waals surface area contributed by atoms with Gasteiger partial charge in [-0.25, -0.2) is 0 Å². The van der Waals surface area contributed by atoms with E-state index in [2.05, 4.69) is 16.5 Å². The van der Waals surface area contributed by atoms with Gasteiger partial charge in [-0.2, -0.15) is 0 Å². The molecular formula is C10H17N3O. The SMILES string of the molecule is CCOCC(NN)c1cncc(C)c1. The van der Waals surface area contributed by atoms with Crippen LogP contribution in [-0.4, -0.2) is 18.2 Å². The average Bonchev–Trinajstić information content (AvgIpc) is 2.19. The molecule has 1 aromatic rings. The highest BCUT2D eigenvalue weighted by Gasteiger charge is 2.09. The number of nitrogens with zero attached hydrogens (tertiary/aromatic N) is 1. The van der Waals surface area contributed by atoms with Gasteiger partial charge in [0.15, 0.2) is 0 Å². The maximum absolute atomic E-state index is 5.44. The Hall–Kier alpha value is -0.970. The van der Waals surface area contributed by atoms with Gasteiger partial charge >= 0.3 is 0 Å². The fourth-order valence-electron chi connectivity index (χ4n) is 1.25. The number of aromatic nitrogens is 1. The predicted octanol–water partition coefficient (Wildman–Crippen LogP) is 0.931. The van der Waals surface area contributed by atoms with Crippen molar-refractivity contribution >= 4 is 0 Å². The third-order valence-corrected chi connectivity index (χ3v) is 1.99. The normalized spacial score (nSPS) is 12.8. The molecule has 1 aromatic heterocycles. The van der Waals surface area contributed by atoms with Crippen LogP contribution in [0.25, 0.3) is 0 Å². The van der Waals surface area contributed by atoms with E-state index >= 15 is 0 Å². The summed E-state index contributed by atoms with van der Waals surface area (Å²) in [6.07, 6.45) is 3.62. The van der Waals surface area contributed by atoms with E-state index in [1.165, 1.54) is 0 Å². The topological polar surface area (TPSA) is 60.2 Å². The molecule has 1 rings (SSSR count). The summed E-state index contributed by atoms with van der Waals surface area (Å²) >= 11 is 0. The molecule has 0 aliphatic carbocycles. The molecule has 0 aromatic carbocycles. The van der Waals surface area contributed by atoms with E-state index in [0.717, 1.165) is 11.1 Å². The molecule has 1 atom stereocenters. The van der Waals surface area contributed by atoms with Crippen molar-refractivity contribution in [3.63, 3.8) is 0 Å². The summed E-state index contributed by atoms with van der Waals surface area (Å²) in [5.74, 6) is 5.44. The summed E-state index contributed by atoms with van der Waals surface area (Å²) in [6, 6.07) is 2.07. The molecule has 1 unspecified atom stereocenters. The third-order valence-electron chi connectivity index (χ3n) is 1.99. The van der Waals surface area contributed by atoms with E-state index in [4.69, 9.17) is 10.6 Å². The lowest BCUT2D eigenvalue weighted by molar-refractivity contribution is 0.123. The van der Waals surface area contributed by atoms with Gasteiger partial charge in [0.1, 0.15) is 0 Å². The zero-order valence-corrected chi connectivity index (χ0v) is 8.66. The monoisotopic (exact) mass is 195 g/mol. The lowest BCUT2D eigenvalue weighted by Crippen LogP contribution is -2.31. The van der Waals surface area contributed by atoms with Gasteiger partial charge in [0, 0.05) is 19.0 Å². The molecule has 0 fully saturated rings. The van der Waals surface area contributed by atoms with E-state index in [1.54, 1.807) is 6.20 Å². The Morgan fingerprint density at radius 3 is 2.93 bits per heavy atom. The van der Waals surface area contributed by atoms with Crippen LogP contribution in [0.5, 0.6) is 0 Å². The lowest BCUT2D eigenvalue weighted by Gasteiger charge is -2.15. The molecule has 14 heavy (non-hydrogen) atoms. The molecule has 4 heteroatoms. The minimum atomic E-state index is 0.0161. The molecule has 0 amide bonds. The third kappa shape index (κ3) is 3.06. The van der Waals surface area contributed by atoms with E-state index < -0.39 is 0 Å². The van der Waals surface area contributed by atoms with Crippen molar-refractivity contribution in [2.24, 2.45) is 5.84 Å². The van der Waals surface area contributed by atoms with E-state index in [1.807, 2.05) is 20.0 Å². The second kappa shape index (κ2) is 5.70. The van der Waals surface area contributed by atoms with Gasteiger partial charge in [0.25, 0.3) is 0 Å². The number of pyridine rings is 1. The Labute approximate surface area is 84.4 Å². The number of hydrazine groups is 1. The maximum atomic E-state index is 5.44. The number of hydrogen-bond donors (Lipinski definition) is 2. The predicted molar refractivity (Wildman–Crippen MR) is 55.5 cm³/mol. The molecule has 0 spiro atoms. The van der Waals surface area contributed by atoms with Gasteiger partial charge in [-0.1, -0.05) is 6.07 Å². The van der Waals surface area contributed by atoms with Crippen molar-refractivity contribution in [3.8, 4) is 0 Å². The molecule has 0 radical (unpaired) electrons. The molecule has 0 aliphatic rings. The van der Waals surface area contributed by atoms with Crippen molar-refractivity contribution in [2.75, 3.05) is 13.2 Å². The molecule has 0 saturated carbocycles. The number of nitrogens with two attached hydrogens (primary N) is 1. The standard InChI is InChI=1S/C10H17N3O/c1-3-14-7-10(13-11)9-4-8(2)5-12-6-9/h4-6,10,13H,3,7,11H2,1-2H3. The number of aryl methyl sites for hydroxylation is 1. The minimum Gasteiger partial charge on any atom is -0.380 e. The highest BCUT2D eigenvalue weighted by Crippen LogP contribution is 2.12. The number of hydrogen-bond acceptors (Lipinski definition) is 4. The second-order valence-electron chi connectivity index (χ2n) is 3.17. The quantitative estimate of drug-likeness (QED) is 0.542. The average molecular weight is 195 g/mol. The maximum Gasteiger partial charge on any atom is 0.0708 e. The first-order valence-corrected chi connectivity index (χ1v) is 4.73. The fraction of sp³-hybridized carbons (Fsp3) is 0.500. The summed E-state index contributed by atoms with van der Waals surface area (Å²) < 4.78 is 5.31. The summed E-state index contributed by atoms with van der Waals surface area (Å²) in [7, 11) is 0.